The third-order valence-electron chi connectivity index (χ3n) is 1.73. The van der Waals surface area contributed by atoms with Crippen molar-refractivity contribution in [1.29, 1.82) is 0 Å². The van der Waals surface area contributed by atoms with E-state index < -0.39 is 25.6 Å². The molecule has 0 N–H and O–H groups in total. The molecular formula is C8H9ClO5PS+. The molecule has 8 heteroatoms. The normalized spacial score (nSPS) is 11.9. The average molecular weight is 284 g/mol. The van der Waals surface area contributed by atoms with Crippen LogP contribution >= 0.6 is 20.3 Å². The van der Waals surface area contributed by atoms with Gasteiger partial charge in [0.25, 0.3) is 0 Å². The Morgan fingerprint density at radius 1 is 1.44 bits per heavy atom. The second kappa shape index (κ2) is 5.70. The SMILES string of the molecule is Cc1cccc(Cl)c1S(=O)(=O)OCO[PH+]=O. The molecule has 1 unspecified atom stereocenters. The zero-order chi connectivity index (χ0) is 12.2. The molecule has 0 saturated heterocycles. The molecular weight excluding hydrogens is 275 g/mol. The Balaban J connectivity index is 3.03. The minimum Gasteiger partial charge on any atom is -0.232 e. The summed E-state index contributed by atoms with van der Waals surface area (Å²) in [4.78, 5) is -0.102. The highest BCUT2D eigenvalue weighted by Gasteiger charge is 2.21. The van der Waals surface area contributed by atoms with E-state index in [1.807, 2.05) is 0 Å². The summed E-state index contributed by atoms with van der Waals surface area (Å²) in [5.41, 5.74) is 0.470. The second-order valence-corrected chi connectivity index (χ2v) is 5.22. The highest BCUT2D eigenvalue weighted by Crippen LogP contribution is 2.26. The molecule has 0 fully saturated rings. The number of rotatable bonds is 5. The second-order valence-electron chi connectivity index (χ2n) is 2.80. The van der Waals surface area contributed by atoms with Crippen molar-refractivity contribution in [2.75, 3.05) is 6.79 Å². The van der Waals surface area contributed by atoms with Crippen molar-refractivity contribution in [2.24, 2.45) is 0 Å². The first-order chi connectivity index (χ1) is 7.49. The summed E-state index contributed by atoms with van der Waals surface area (Å²) in [6.07, 6.45) is 0. The minimum atomic E-state index is -3.99. The molecule has 0 spiro atoms. The van der Waals surface area contributed by atoms with Gasteiger partial charge in [0.2, 0.25) is 6.79 Å². The Kier molecular flexibility index (Phi) is 4.83. The van der Waals surface area contributed by atoms with Crippen LogP contribution in [0.2, 0.25) is 5.02 Å². The van der Waals surface area contributed by atoms with Gasteiger partial charge < -0.3 is 0 Å². The van der Waals surface area contributed by atoms with E-state index in [0.29, 0.717) is 5.56 Å². The van der Waals surface area contributed by atoms with Crippen LogP contribution in [0.3, 0.4) is 0 Å². The quantitative estimate of drug-likeness (QED) is 0.359. The van der Waals surface area contributed by atoms with E-state index in [1.165, 1.54) is 6.07 Å². The molecule has 88 valence electrons. The first-order valence-corrected chi connectivity index (χ1v) is 6.73. The lowest BCUT2D eigenvalue weighted by Gasteiger charge is -2.07. The third-order valence-corrected chi connectivity index (χ3v) is 3.85. The molecule has 0 heterocycles. The fraction of sp³-hybridized carbons (Fsp3) is 0.250. The van der Waals surface area contributed by atoms with Crippen LogP contribution in [0.4, 0.5) is 0 Å². The predicted molar refractivity (Wildman–Crippen MR) is 59.4 cm³/mol. The van der Waals surface area contributed by atoms with Gasteiger partial charge in [0, 0.05) is 0 Å². The van der Waals surface area contributed by atoms with Crippen molar-refractivity contribution in [3.8, 4) is 0 Å². The zero-order valence-electron chi connectivity index (χ0n) is 8.27. The molecule has 0 saturated carbocycles. The molecule has 1 aromatic carbocycles. The van der Waals surface area contributed by atoms with Gasteiger partial charge in [0.1, 0.15) is 4.90 Å². The number of hydrogen-bond donors (Lipinski definition) is 0. The topological polar surface area (TPSA) is 69.7 Å². The fourth-order valence-electron chi connectivity index (χ4n) is 1.10. The Morgan fingerprint density at radius 2 is 2.12 bits per heavy atom. The molecule has 5 nitrogen and oxygen atoms in total. The Bertz CT molecular complexity index is 467. The van der Waals surface area contributed by atoms with Gasteiger partial charge in [-0.25, -0.2) is 4.18 Å². The van der Waals surface area contributed by atoms with E-state index in [4.69, 9.17) is 11.6 Å². The lowest BCUT2D eigenvalue weighted by molar-refractivity contribution is 0.140. The Hall–Kier alpha value is -0.520. The van der Waals surface area contributed by atoms with Crippen molar-refractivity contribution >= 4 is 30.4 Å². The van der Waals surface area contributed by atoms with E-state index in [9.17, 15) is 13.0 Å². The van der Waals surface area contributed by atoms with E-state index >= 15 is 0 Å². The van der Waals surface area contributed by atoms with Crippen LogP contribution in [0.1, 0.15) is 5.56 Å². The number of hydrogen-bond acceptors (Lipinski definition) is 5. The van der Waals surface area contributed by atoms with Gasteiger partial charge >= 0.3 is 18.8 Å². The molecule has 0 aliphatic heterocycles. The standard InChI is InChI=1S/C8H9ClO5PS/c1-6-3-2-4-7(9)8(6)16(11,12)14-5-13-15-10/h2-4,15H,5H2,1H3/q+1. The largest absolute Gasteiger partial charge is 0.496 e. The van der Waals surface area contributed by atoms with Crippen LogP contribution in [-0.2, 0) is 23.4 Å². The maximum atomic E-state index is 11.7. The van der Waals surface area contributed by atoms with Crippen molar-refractivity contribution in [3.05, 3.63) is 28.8 Å². The summed E-state index contributed by atoms with van der Waals surface area (Å²) in [5.74, 6) is 0. The third kappa shape index (κ3) is 3.23. The van der Waals surface area contributed by atoms with E-state index in [-0.39, 0.29) is 9.92 Å². The lowest BCUT2D eigenvalue weighted by atomic mass is 10.2. The number of aryl methyl sites for hydroxylation is 1. The first kappa shape index (κ1) is 13.5. The Labute approximate surface area is 99.7 Å². The summed E-state index contributed by atoms with van der Waals surface area (Å²) in [6.45, 7) is 0.993. The van der Waals surface area contributed by atoms with Gasteiger partial charge in [-0.1, -0.05) is 23.7 Å². The van der Waals surface area contributed by atoms with Gasteiger partial charge in [0.05, 0.1) is 5.02 Å². The first-order valence-electron chi connectivity index (χ1n) is 4.12. The molecule has 0 aliphatic rings. The molecule has 1 rings (SSSR count). The highest BCUT2D eigenvalue weighted by atomic mass is 35.5. The summed E-state index contributed by atoms with van der Waals surface area (Å²) >= 11 is 5.77. The van der Waals surface area contributed by atoms with E-state index in [1.54, 1.807) is 19.1 Å². The maximum Gasteiger partial charge on any atom is 0.496 e. The summed E-state index contributed by atoms with van der Waals surface area (Å²) in [6, 6.07) is 4.67. The van der Waals surface area contributed by atoms with Crippen LogP contribution in [0.5, 0.6) is 0 Å². The number of benzene rings is 1. The smallest absolute Gasteiger partial charge is 0.232 e. The van der Waals surface area contributed by atoms with Crippen molar-refractivity contribution < 1.29 is 21.7 Å². The molecule has 1 atom stereocenters. The molecule has 0 amide bonds. The average Bonchev–Trinajstić information content (AvgIpc) is 2.17. The van der Waals surface area contributed by atoms with Crippen LogP contribution in [0.25, 0.3) is 0 Å². The predicted octanol–water partition coefficient (Wildman–Crippen LogP) is 2.27. The van der Waals surface area contributed by atoms with Crippen LogP contribution < -0.4 is 0 Å². The summed E-state index contributed by atoms with van der Waals surface area (Å²) in [5, 5.41) is 0.0737. The summed E-state index contributed by atoms with van der Waals surface area (Å²) in [7, 11) is -5.06. The molecule has 1 aromatic rings. The Morgan fingerprint density at radius 3 is 2.69 bits per heavy atom. The fourth-order valence-corrected chi connectivity index (χ4v) is 2.86. The zero-order valence-corrected chi connectivity index (χ0v) is 10.8. The maximum absolute atomic E-state index is 11.7. The lowest BCUT2D eigenvalue weighted by Crippen LogP contribution is -2.09. The summed E-state index contributed by atoms with van der Waals surface area (Å²) < 4.78 is 42.1. The van der Waals surface area contributed by atoms with Crippen molar-refractivity contribution in [2.45, 2.75) is 11.8 Å². The minimum absolute atomic E-state index is 0.0737. The van der Waals surface area contributed by atoms with Crippen LogP contribution in [0, 0.1) is 6.92 Å². The van der Waals surface area contributed by atoms with Gasteiger partial charge in [-0.15, -0.1) is 4.52 Å². The van der Waals surface area contributed by atoms with E-state index in [2.05, 4.69) is 8.71 Å². The van der Waals surface area contributed by atoms with Gasteiger partial charge in [-0.3, -0.25) is 0 Å². The van der Waals surface area contributed by atoms with Gasteiger partial charge in [-0.2, -0.15) is 8.42 Å². The number of halogens is 1. The molecule has 0 radical (unpaired) electrons. The highest BCUT2D eigenvalue weighted by molar-refractivity contribution is 7.87. The molecule has 16 heavy (non-hydrogen) atoms. The molecule has 0 aliphatic carbocycles. The van der Waals surface area contributed by atoms with Crippen molar-refractivity contribution in [3.63, 3.8) is 0 Å². The molecule has 0 aromatic heterocycles. The van der Waals surface area contributed by atoms with Gasteiger partial charge in [0.15, 0.2) is 0 Å². The van der Waals surface area contributed by atoms with Crippen LogP contribution in [0.15, 0.2) is 23.1 Å². The van der Waals surface area contributed by atoms with Crippen molar-refractivity contribution in [1.82, 2.24) is 0 Å². The van der Waals surface area contributed by atoms with Gasteiger partial charge in [-0.05, 0) is 23.1 Å². The monoisotopic (exact) mass is 283 g/mol. The molecule has 0 bridgehead atoms. The van der Waals surface area contributed by atoms with Crippen LogP contribution in [-0.4, -0.2) is 15.2 Å². The van der Waals surface area contributed by atoms with E-state index in [0.717, 1.165) is 0 Å².